The fourth-order valence-electron chi connectivity index (χ4n) is 2.07. The van der Waals surface area contributed by atoms with Crippen LogP contribution < -0.4 is 4.80 Å². The molecular weight excluding hydrogens is 346 g/mol. The first kappa shape index (κ1) is 15.2. The molecule has 0 N–H and O–H groups in total. The largest absolute Gasteiger partial charge is 0.317 e. The summed E-state index contributed by atoms with van der Waals surface area (Å²) in [7, 11) is 1.66. The van der Waals surface area contributed by atoms with Gasteiger partial charge in [-0.1, -0.05) is 40.6 Å². The molecule has 22 heavy (non-hydrogen) atoms. The molecule has 0 radical (unpaired) electrons. The SMILES string of the molecule is Cn1c(=NC(=O)c2ccc(Cl)cc2Cl)sc2cccc(F)c21. The van der Waals surface area contributed by atoms with Crippen molar-refractivity contribution in [2.24, 2.45) is 12.0 Å². The van der Waals surface area contributed by atoms with Gasteiger partial charge in [-0.25, -0.2) is 4.39 Å². The normalized spacial score (nSPS) is 12.1. The molecule has 3 aromatic rings. The van der Waals surface area contributed by atoms with Crippen molar-refractivity contribution in [3.63, 3.8) is 0 Å². The first-order chi connectivity index (χ1) is 10.5. The maximum atomic E-state index is 13.9. The van der Waals surface area contributed by atoms with Gasteiger partial charge in [-0.05, 0) is 30.3 Å². The first-order valence-corrected chi connectivity index (χ1v) is 7.83. The summed E-state index contributed by atoms with van der Waals surface area (Å²) in [5.74, 6) is -0.848. The molecule has 0 atom stereocenters. The lowest BCUT2D eigenvalue weighted by Crippen LogP contribution is -2.14. The van der Waals surface area contributed by atoms with E-state index in [1.54, 1.807) is 29.8 Å². The molecule has 0 unspecified atom stereocenters. The molecule has 0 aliphatic carbocycles. The highest BCUT2D eigenvalue weighted by Crippen LogP contribution is 2.22. The topological polar surface area (TPSA) is 34.4 Å². The Labute approximate surface area is 139 Å². The zero-order chi connectivity index (χ0) is 15.9. The van der Waals surface area contributed by atoms with Gasteiger partial charge >= 0.3 is 0 Å². The third-order valence-corrected chi connectivity index (χ3v) is 4.78. The molecule has 0 saturated heterocycles. The van der Waals surface area contributed by atoms with E-state index in [-0.39, 0.29) is 16.4 Å². The maximum Gasteiger partial charge on any atom is 0.281 e. The molecule has 0 fully saturated rings. The lowest BCUT2D eigenvalue weighted by Gasteiger charge is -2.00. The predicted octanol–water partition coefficient (Wildman–Crippen LogP) is 4.43. The highest BCUT2D eigenvalue weighted by molar-refractivity contribution is 7.16. The number of halogens is 3. The van der Waals surface area contributed by atoms with Crippen molar-refractivity contribution in [2.45, 2.75) is 0 Å². The van der Waals surface area contributed by atoms with Crippen LogP contribution in [0.25, 0.3) is 10.2 Å². The molecule has 0 aliphatic rings. The molecule has 0 bridgehead atoms. The summed E-state index contributed by atoms with van der Waals surface area (Å²) in [6.07, 6.45) is 0. The minimum absolute atomic E-state index is 0.233. The van der Waals surface area contributed by atoms with Gasteiger partial charge in [-0.3, -0.25) is 4.79 Å². The number of aromatic nitrogens is 1. The van der Waals surface area contributed by atoms with Crippen LogP contribution in [-0.2, 0) is 7.05 Å². The van der Waals surface area contributed by atoms with Gasteiger partial charge in [0.1, 0.15) is 5.82 Å². The fraction of sp³-hybridized carbons (Fsp3) is 0.0667. The van der Waals surface area contributed by atoms with Gasteiger partial charge in [0.05, 0.1) is 20.8 Å². The number of fused-ring (bicyclic) bond motifs is 1. The summed E-state index contributed by atoms with van der Waals surface area (Å²) in [5.41, 5.74) is 0.672. The third-order valence-electron chi connectivity index (χ3n) is 3.13. The highest BCUT2D eigenvalue weighted by Gasteiger charge is 2.12. The van der Waals surface area contributed by atoms with Gasteiger partial charge in [0.25, 0.3) is 5.91 Å². The number of thiazole rings is 1. The van der Waals surface area contributed by atoms with Crippen LogP contribution in [0.15, 0.2) is 41.4 Å². The van der Waals surface area contributed by atoms with Crippen LogP contribution in [0, 0.1) is 5.82 Å². The van der Waals surface area contributed by atoms with E-state index < -0.39 is 5.91 Å². The number of hydrogen-bond donors (Lipinski definition) is 0. The van der Waals surface area contributed by atoms with Crippen LogP contribution in [0.1, 0.15) is 10.4 Å². The van der Waals surface area contributed by atoms with Gasteiger partial charge in [-0.15, -0.1) is 0 Å². The monoisotopic (exact) mass is 354 g/mol. The first-order valence-electron chi connectivity index (χ1n) is 6.25. The van der Waals surface area contributed by atoms with Crippen LogP contribution in [0.4, 0.5) is 4.39 Å². The van der Waals surface area contributed by atoms with Crippen molar-refractivity contribution < 1.29 is 9.18 Å². The Hall–Kier alpha value is -1.69. The molecule has 1 heterocycles. The molecule has 2 aromatic carbocycles. The minimum Gasteiger partial charge on any atom is -0.317 e. The van der Waals surface area contributed by atoms with Crippen molar-refractivity contribution in [1.29, 1.82) is 0 Å². The summed E-state index contributed by atoms with van der Waals surface area (Å²) in [5, 5.41) is 0.673. The number of nitrogens with zero attached hydrogens (tertiary/aromatic N) is 2. The minimum atomic E-state index is -0.496. The standard InChI is InChI=1S/C15H9Cl2FN2OS/c1-20-13-11(18)3-2-4-12(13)22-15(20)19-14(21)9-6-5-8(16)7-10(9)17/h2-7H,1H3. The molecule has 0 saturated carbocycles. The van der Waals surface area contributed by atoms with Gasteiger partial charge < -0.3 is 4.57 Å². The Morgan fingerprint density at radius 3 is 2.73 bits per heavy atom. The number of carbonyl (C=O) groups excluding carboxylic acids is 1. The Morgan fingerprint density at radius 2 is 2.05 bits per heavy atom. The number of hydrogen-bond acceptors (Lipinski definition) is 2. The van der Waals surface area contributed by atoms with Gasteiger partial charge in [0, 0.05) is 12.1 Å². The molecule has 7 heteroatoms. The lowest BCUT2D eigenvalue weighted by atomic mass is 10.2. The van der Waals surface area contributed by atoms with E-state index in [0.29, 0.717) is 15.3 Å². The van der Waals surface area contributed by atoms with Crippen LogP contribution in [-0.4, -0.2) is 10.5 Å². The lowest BCUT2D eigenvalue weighted by molar-refractivity contribution is 0.0998. The molecule has 3 nitrogen and oxygen atoms in total. The number of aryl methyl sites for hydroxylation is 1. The van der Waals surface area contributed by atoms with E-state index in [1.807, 2.05) is 0 Å². The van der Waals surface area contributed by atoms with Crippen LogP contribution in [0.2, 0.25) is 10.0 Å². The Balaban J connectivity index is 2.14. The Morgan fingerprint density at radius 1 is 1.27 bits per heavy atom. The highest BCUT2D eigenvalue weighted by atomic mass is 35.5. The second kappa shape index (κ2) is 5.83. The quantitative estimate of drug-likeness (QED) is 0.636. The molecule has 1 aromatic heterocycles. The summed E-state index contributed by atoms with van der Waals surface area (Å²) < 4.78 is 16.1. The Bertz CT molecular complexity index is 962. The zero-order valence-electron chi connectivity index (χ0n) is 11.3. The number of rotatable bonds is 1. The number of benzene rings is 2. The van der Waals surface area contributed by atoms with Crippen molar-refractivity contribution in [2.75, 3.05) is 0 Å². The molecule has 1 amide bonds. The van der Waals surface area contributed by atoms with E-state index in [2.05, 4.69) is 4.99 Å². The number of para-hydroxylation sites is 1. The van der Waals surface area contributed by atoms with E-state index in [1.165, 1.54) is 29.5 Å². The van der Waals surface area contributed by atoms with Crippen LogP contribution in [0.3, 0.4) is 0 Å². The predicted molar refractivity (Wildman–Crippen MR) is 87.1 cm³/mol. The van der Waals surface area contributed by atoms with Crippen molar-refractivity contribution >= 4 is 50.7 Å². The number of carbonyl (C=O) groups is 1. The molecule has 0 spiro atoms. The van der Waals surface area contributed by atoms with Crippen LogP contribution >= 0.6 is 34.5 Å². The van der Waals surface area contributed by atoms with E-state index >= 15 is 0 Å². The van der Waals surface area contributed by atoms with Gasteiger partial charge in [-0.2, -0.15) is 4.99 Å². The van der Waals surface area contributed by atoms with Crippen molar-refractivity contribution in [3.05, 3.63) is 62.6 Å². The van der Waals surface area contributed by atoms with E-state index in [0.717, 1.165) is 4.70 Å². The summed E-state index contributed by atoms with van der Waals surface area (Å²) in [6, 6.07) is 9.34. The second-order valence-corrected chi connectivity index (χ2v) is 6.42. The number of amides is 1. The van der Waals surface area contributed by atoms with Crippen molar-refractivity contribution in [3.8, 4) is 0 Å². The molecule has 3 rings (SSSR count). The van der Waals surface area contributed by atoms with Crippen LogP contribution in [0.5, 0.6) is 0 Å². The Kier molecular flexibility index (Phi) is 4.04. The zero-order valence-corrected chi connectivity index (χ0v) is 13.6. The summed E-state index contributed by atoms with van der Waals surface area (Å²) in [6.45, 7) is 0. The third kappa shape index (κ3) is 2.67. The molecule has 112 valence electrons. The van der Waals surface area contributed by atoms with Gasteiger partial charge in [0.15, 0.2) is 4.80 Å². The molecule has 0 aliphatic heterocycles. The average Bonchev–Trinajstić information content (AvgIpc) is 2.76. The maximum absolute atomic E-state index is 13.9. The van der Waals surface area contributed by atoms with Crippen molar-refractivity contribution in [1.82, 2.24) is 4.57 Å². The van der Waals surface area contributed by atoms with E-state index in [9.17, 15) is 9.18 Å². The molecular formula is C15H9Cl2FN2OS. The van der Waals surface area contributed by atoms with E-state index in [4.69, 9.17) is 23.2 Å². The van der Waals surface area contributed by atoms with Gasteiger partial charge in [0.2, 0.25) is 0 Å². The second-order valence-electron chi connectivity index (χ2n) is 4.57. The average molecular weight is 355 g/mol. The summed E-state index contributed by atoms with van der Waals surface area (Å²) >= 11 is 13.0. The summed E-state index contributed by atoms with van der Waals surface area (Å²) in [4.78, 5) is 16.7. The fourth-order valence-corrected chi connectivity index (χ4v) is 3.59. The smallest absolute Gasteiger partial charge is 0.281 e.